The van der Waals surface area contributed by atoms with Crippen LogP contribution in [0.1, 0.15) is 5.69 Å². The Balaban J connectivity index is 2.18. The first-order valence-electron chi connectivity index (χ1n) is 5.06. The lowest BCUT2D eigenvalue weighted by Gasteiger charge is -2.31. The highest BCUT2D eigenvalue weighted by atomic mass is 79.9. The number of hydrogen-bond donors (Lipinski definition) is 0. The number of nitrogens with zero attached hydrogens (tertiary/aromatic N) is 4. The van der Waals surface area contributed by atoms with Crippen molar-refractivity contribution in [2.24, 2.45) is 0 Å². The van der Waals surface area contributed by atoms with Gasteiger partial charge in [-0.2, -0.15) is 0 Å². The summed E-state index contributed by atoms with van der Waals surface area (Å²) in [6.45, 7) is 3.77. The monoisotopic (exact) mass is 284 g/mol. The van der Waals surface area contributed by atoms with Gasteiger partial charge >= 0.3 is 0 Å². The second-order valence-electron chi connectivity index (χ2n) is 3.84. The molecule has 6 heteroatoms. The number of rotatable bonds is 1. The Kier molecular flexibility index (Phi) is 3.09. The number of hydrogen-bond acceptors (Lipinski definition) is 4. The molecule has 1 fully saturated rings. The van der Waals surface area contributed by atoms with E-state index < -0.39 is 0 Å². The molecule has 0 spiro atoms. The molecule has 86 valence electrons. The second-order valence-corrected chi connectivity index (χ2v) is 4.69. The molecule has 0 unspecified atom stereocenters. The predicted molar refractivity (Wildman–Crippen MR) is 64.3 cm³/mol. The minimum atomic E-state index is 0.107. The Morgan fingerprint density at radius 2 is 2.19 bits per heavy atom. The molecule has 0 aliphatic carbocycles. The van der Waals surface area contributed by atoms with E-state index in [9.17, 15) is 4.79 Å². The molecular weight excluding hydrogens is 272 g/mol. The summed E-state index contributed by atoms with van der Waals surface area (Å²) in [5.41, 5.74) is 0.886. The maximum atomic E-state index is 11.5. The third-order valence-electron chi connectivity index (χ3n) is 2.65. The summed E-state index contributed by atoms with van der Waals surface area (Å²) in [5, 5.41) is 0. The molecule has 0 atom stereocenters. The maximum Gasteiger partial charge on any atom is 0.242 e. The van der Waals surface area contributed by atoms with Gasteiger partial charge in [0.05, 0.1) is 16.7 Å². The van der Waals surface area contributed by atoms with Crippen LogP contribution in [-0.2, 0) is 4.79 Å². The highest BCUT2D eigenvalue weighted by Gasteiger charge is 2.22. The van der Waals surface area contributed by atoms with E-state index in [0.717, 1.165) is 23.3 Å². The predicted octanol–water partition coefficient (Wildman–Crippen LogP) is 0.826. The van der Waals surface area contributed by atoms with Crippen LogP contribution >= 0.6 is 15.9 Å². The average molecular weight is 285 g/mol. The normalized spacial score (nSPS) is 16.8. The van der Waals surface area contributed by atoms with Gasteiger partial charge in [0, 0.05) is 26.3 Å². The van der Waals surface area contributed by atoms with Crippen molar-refractivity contribution in [1.82, 2.24) is 14.9 Å². The highest BCUT2D eigenvalue weighted by Crippen LogP contribution is 2.17. The van der Waals surface area contributed by atoms with Crippen molar-refractivity contribution >= 4 is 27.8 Å². The molecule has 0 saturated carbocycles. The second kappa shape index (κ2) is 4.37. The third-order valence-corrected chi connectivity index (χ3v) is 3.43. The standard InChI is InChI=1S/C10H13BrN4O/c1-7-8(11)5-12-10(13-7)15-4-3-14(2)9(16)6-15/h5H,3-4,6H2,1-2H3. The molecule has 2 rings (SSSR count). The fourth-order valence-electron chi connectivity index (χ4n) is 1.52. The molecule has 0 aromatic carbocycles. The molecule has 1 saturated heterocycles. The lowest BCUT2D eigenvalue weighted by molar-refractivity contribution is -0.129. The zero-order valence-corrected chi connectivity index (χ0v) is 10.9. The lowest BCUT2D eigenvalue weighted by Crippen LogP contribution is -2.49. The highest BCUT2D eigenvalue weighted by molar-refractivity contribution is 9.10. The maximum absolute atomic E-state index is 11.5. The summed E-state index contributed by atoms with van der Waals surface area (Å²) in [4.78, 5) is 23.8. The molecule has 0 bridgehead atoms. The topological polar surface area (TPSA) is 49.3 Å². The molecule has 16 heavy (non-hydrogen) atoms. The van der Waals surface area contributed by atoms with Crippen LogP contribution in [0.25, 0.3) is 0 Å². The Labute approximate surface area is 103 Å². The number of likely N-dealkylation sites (N-methyl/N-ethyl adjacent to an activating group) is 1. The summed E-state index contributed by atoms with van der Waals surface area (Å²) in [6, 6.07) is 0. The number of amides is 1. The molecule has 5 nitrogen and oxygen atoms in total. The smallest absolute Gasteiger partial charge is 0.242 e. The molecule has 0 N–H and O–H groups in total. The molecule has 1 amide bonds. The van der Waals surface area contributed by atoms with Crippen molar-refractivity contribution < 1.29 is 4.79 Å². The van der Waals surface area contributed by atoms with Gasteiger partial charge in [-0.05, 0) is 22.9 Å². The van der Waals surface area contributed by atoms with Gasteiger partial charge in [-0.15, -0.1) is 0 Å². The van der Waals surface area contributed by atoms with E-state index in [2.05, 4.69) is 25.9 Å². The number of anilines is 1. The Bertz CT molecular complexity index is 423. The van der Waals surface area contributed by atoms with Crippen molar-refractivity contribution in [3.8, 4) is 0 Å². The minimum absolute atomic E-state index is 0.107. The van der Waals surface area contributed by atoms with Crippen molar-refractivity contribution in [2.45, 2.75) is 6.92 Å². The van der Waals surface area contributed by atoms with Crippen molar-refractivity contribution in [3.63, 3.8) is 0 Å². The van der Waals surface area contributed by atoms with Crippen LogP contribution in [0.2, 0.25) is 0 Å². The van der Waals surface area contributed by atoms with Crippen LogP contribution in [0, 0.1) is 6.92 Å². The van der Waals surface area contributed by atoms with Gasteiger partial charge in [0.15, 0.2) is 0 Å². The first-order valence-corrected chi connectivity index (χ1v) is 5.85. The number of halogens is 1. The Morgan fingerprint density at radius 3 is 2.81 bits per heavy atom. The van der Waals surface area contributed by atoms with Crippen molar-refractivity contribution in [1.29, 1.82) is 0 Å². The molecule has 1 aliphatic heterocycles. The summed E-state index contributed by atoms with van der Waals surface area (Å²) >= 11 is 3.36. The van der Waals surface area contributed by atoms with Gasteiger partial charge in [0.2, 0.25) is 11.9 Å². The van der Waals surface area contributed by atoms with Crippen LogP contribution in [-0.4, -0.2) is 47.5 Å². The molecule has 1 aliphatic rings. The average Bonchev–Trinajstić information content (AvgIpc) is 2.26. The number of aromatic nitrogens is 2. The van der Waals surface area contributed by atoms with Crippen molar-refractivity contribution in [2.75, 3.05) is 31.6 Å². The summed E-state index contributed by atoms with van der Waals surface area (Å²) in [6.07, 6.45) is 1.72. The SMILES string of the molecule is Cc1nc(N2CCN(C)C(=O)C2)ncc1Br. The van der Waals surface area contributed by atoms with Gasteiger partial charge in [0.25, 0.3) is 0 Å². The van der Waals surface area contributed by atoms with Crippen LogP contribution in [0.15, 0.2) is 10.7 Å². The molecule has 0 radical (unpaired) electrons. The van der Waals surface area contributed by atoms with Crippen LogP contribution < -0.4 is 4.90 Å². The first kappa shape index (κ1) is 11.3. The van der Waals surface area contributed by atoms with Crippen LogP contribution in [0.4, 0.5) is 5.95 Å². The van der Waals surface area contributed by atoms with E-state index in [4.69, 9.17) is 0 Å². The summed E-state index contributed by atoms with van der Waals surface area (Å²) in [5.74, 6) is 0.734. The van der Waals surface area contributed by atoms with E-state index >= 15 is 0 Å². The van der Waals surface area contributed by atoms with E-state index in [0.29, 0.717) is 12.5 Å². The summed E-state index contributed by atoms with van der Waals surface area (Å²) < 4.78 is 0.886. The van der Waals surface area contributed by atoms with Crippen LogP contribution in [0.5, 0.6) is 0 Å². The molecule has 2 heterocycles. The largest absolute Gasteiger partial charge is 0.342 e. The summed E-state index contributed by atoms with van der Waals surface area (Å²) in [7, 11) is 1.81. The molecule has 1 aromatic heterocycles. The fourth-order valence-corrected chi connectivity index (χ4v) is 1.71. The quantitative estimate of drug-likeness (QED) is 0.766. The number of piperazine rings is 1. The van der Waals surface area contributed by atoms with E-state index in [-0.39, 0.29) is 5.91 Å². The van der Waals surface area contributed by atoms with E-state index in [1.807, 2.05) is 18.9 Å². The zero-order valence-electron chi connectivity index (χ0n) is 9.27. The van der Waals surface area contributed by atoms with Gasteiger partial charge < -0.3 is 9.80 Å². The van der Waals surface area contributed by atoms with Crippen molar-refractivity contribution in [3.05, 3.63) is 16.4 Å². The number of aryl methyl sites for hydroxylation is 1. The third kappa shape index (κ3) is 2.16. The van der Waals surface area contributed by atoms with Gasteiger partial charge in [0.1, 0.15) is 0 Å². The van der Waals surface area contributed by atoms with E-state index in [1.54, 1.807) is 11.1 Å². The minimum Gasteiger partial charge on any atom is -0.342 e. The van der Waals surface area contributed by atoms with E-state index in [1.165, 1.54) is 0 Å². The van der Waals surface area contributed by atoms with Gasteiger partial charge in [-0.3, -0.25) is 4.79 Å². The fraction of sp³-hybridized carbons (Fsp3) is 0.500. The molecule has 1 aromatic rings. The van der Waals surface area contributed by atoms with Gasteiger partial charge in [-0.25, -0.2) is 9.97 Å². The Hall–Kier alpha value is -1.17. The number of carbonyl (C=O) groups is 1. The number of carbonyl (C=O) groups excluding carboxylic acids is 1. The lowest BCUT2D eigenvalue weighted by atomic mass is 10.3. The first-order chi connectivity index (χ1) is 7.58. The van der Waals surface area contributed by atoms with Crippen LogP contribution in [0.3, 0.4) is 0 Å². The zero-order chi connectivity index (χ0) is 11.7. The van der Waals surface area contributed by atoms with Gasteiger partial charge in [-0.1, -0.05) is 0 Å². The Morgan fingerprint density at radius 1 is 1.44 bits per heavy atom. The molecular formula is C10H13BrN4O.